The Morgan fingerprint density at radius 3 is 2.47 bits per heavy atom. The first-order valence-electron chi connectivity index (χ1n) is 5.64. The summed E-state index contributed by atoms with van der Waals surface area (Å²) in [6.45, 7) is 2.04. The minimum absolute atomic E-state index is 0.625. The van der Waals surface area contributed by atoms with E-state index in [4.69, 9.17) is 0 Å². The Labute approximate surface area is 95.3 Å². The second-order valence-electron chi connectivity index (χ2n) is 4.28. The number of hydrogen-bond acceptors (Lipinski definition) is 4. The third-order valence-corrected chi connectivity index (χ3v) is 3.97. The van der Waals surface area contributed by atoms with E-state index in [1.807, 2.05) is 6.92 Å². The molecule has 2 rings (SSSR count). The van der Waals surface area contributed by atoms with Crippen LogP contribution in [0.3, 0.4) is 0 Å². The molecule has 84 valence electrons. The Kier molecular flexibility index (Phi) is 3.59. The molecule has 0 aliphatic heterocycles. The standard InChI is InChI=1S/C11H19N3S/c1-8-7-15-11(13-8)14-10-5-3-9(12-2)4-6-10/h7,9-10,12H,3-6H2,1-2H3,(H,13,14). The second-order valence-corrected chi connectivity index (χ2v) is 5.13. The maximum Gasteiger partial charge on any atom is 0.183 e. The van der Waals surface area contributed by atoms with E-state index in [9.17, 15) is 0 Å². The predicted molar refractivity (Wildman–Crippen MR) is 65.6 cm³/mol. The van der Waals surface area contributed by atoms with Crippen molar-refractivity contribution in [2.45, 2.75) is 44.7 Å². The Morgan fingerprint density at radius 1 is 1.27 bits per heavy atom. The molecule has 4 heteroatoms. The molecule has 1 saturated carbocycles. The number of nitrogens with zero attached hydrogens (tertiary/aromatic N) is 1. The fraction of sp³-hybridized carbons (Fsp3) is 0.727. The number of aryl methyl sites for hydroxylation is 1. The molecule has 0 bridgehead atoms. The zero-order chi connectivity index (χ0) is 10.7. The lowest BCUT2D eigenvalue weighted by Crippen LogP contribution is -2.34. The van der Waals surface area contributed by atoms with E-state index in [1.54, 1.807) is 11.3 Å². The Bertz CT molecular complexity index is 303. The zero-order valence-electron chi connectivity index (χ0n) is 9.42. The van der Waals surface area contributed by atoms with Gasteiger partial charge in [0.15, 0.2) is 5.13 Å². The highest BCUT2D eigenvalue weighted by Crippen LogP contribution is 2.23. The summed E-state index contributed by atoms with van der Waals surface area (Å²) in [7, 11) is 2.06. The second kappa shape index (κ2) is 4.94. The first-order valence-corrected chi connectivity index (χ1v) is 6.52. The van der Waals surface area contributed by atoms with Gasteiger partial charge in [0.2, 0.25) is 0 Å². The first-order chi connectivity index (χ1) is 7.28. The number of thiazole rings is 1. The van der Waals surface area contributed by atoms with Crippen LogP contribution < -0.4 is 10.6 Å². The summed E-state index contributed by atoms with van der Waals surface area (Å²) in [4.78, 5) is 4.44. The first kappa shape index (κ1) is 10.9. The van der Waals surface area contributed by atoms with Gasteiger partial charge in [0.1, 0.15) is 0 Å². The van der Waals surface area contributed by atoms with Gasteiger partial charge in [-0.15, -0.1) is 11.3 Å². The summed E-state index contributed by atoms with van der Waals surface area (Å²) in [6.07, 6.45) is 5.06. The predicted octanol–water partition coefficient (Wildman–Crippen LogP) is 2.39. The van der Waals surface area contributed by atoms with Crippen LogP contribution in [-0.4, -0.2) is 24.1 Å². The average Bonchev–Trinajstić information content (AvgIpc) is 2.65. The minimum Gasteiger partial charge on any atom is -0.359 e. The quantitative estimate of drug-likeness (QED) is 0.829. The molecule has 3 nitrogen and oxygen atoms in total. The molecule has 0 amide bonds. The monoisotopic (exact) mass is 225 g/mol. The maximum atomic E-state index is 4.44. The number of nitrogens with one attached hydrogen (secondary N) is 2. The summed E-state index contributed by atoms with van der Waals surface area (Å²) < 4.78 is 0. The van der Waals surface area contributed by atoms with Gasteiger partial charge in [-0.1, -0.05) is 0 Å². The molecule has 2 N–H and O–H groups in total. The molecule has 0 radical (unpaired) electrons. The molecule has 0 saturated heterocycles. The van der Waals surface area contributed by atoms with Crippen molar-refractivity contribution in [3.8, 4) is 0 Å². The summed E-state index contributed by atoms with van der Waals surface area (Å²) >= 11 is 1.71. The SMILES string of the molecule is CNC1CCC(Nc2nc(C)cs2)CC1. The third-order valence-electron chi connectivity index (χ3n) is 3.08. The van der Waals surface area contributed by atoms with E-state index in [2.05, 4.69) is 28.0 Å². The van der Waals surface area contributed by atoms with Gasteiger partial charge in [0.05, 0.1) is 5.69 Å². The van der Waals surface area contributed by atoms with Crippen molar-refractivity contribution in [2.75, 3.05) is 12.4 Å². The smallest absolute Gasteiger partial charge is 0.183 e. The van der Waals surface area contributed by atoms with Crippen LogP contribution >= 0.6 is 11.3 Å². The molecule has 1 aliphatic rings. The molecule has 1 aromatic rings. The molecule has 1 aromatic heterocycles. The summed E-state index contributed by atoms with van der Waals surface area (Å²) in [5.74, 6) is 0. The fourth-order valence-electron chi connectivity index (χ4n) is 2.12. The largest absolute Gasteiger partial charge is 0.359 e. The van der Waals surface area contributed by atoms with E-state index in [0.717, 1.165) is 16.9 Å². The normalized spacial score (nSPS) is 26.5. The van der Waals surface area contributed by atoms with Gasteiger partial charge in [-0.3, -0.25) is 0 Å². The molecule has 1 aliphatic carbocycles. The van der Waals surface area contributed by atoms with E-state index < -0.39 is 0 Å². The lowest BCUT2D eigenvalue weighted by atomic mass is 9.91. The number of aromatic nitrogens is 1. The number of hydrogen-bond donors (Lipinski definition) is 2. The van der Waals surface area contributed by atoms with Crippen molar-refractivity contribution in [1.29, 1.82) is 0 Å². The molecular formula is C11H19N3S. The van der Waals surface area contributed by atoms with Crippen LogP contribution in [0.2, 0.25) is 0 Å². The lowest BCUT2D eigenvalue weighted by Gasteiger charge is -2.28. The highest BCUT2D eigenvalue weighted by molar-refractivity contribution is 7.13. The molecule has 0 spiro atoms. The molecule has 0 aromatic carbocycles. The topological polar surface area (TPSA) is 37.0 Å². The van der Waals surface area contributed by atoms with Crippen molar-refractivity contribution in [3.63, 3.8) is 0 Å². The van der Waals surface area contributed by atoms with Crippen molar-refractivity contribution < 1.29 is 0 Å². The minimum atomic E-state index is 0.625. The summed E-state index contributed by atoms with van der Waals surface area (Å²) in [5.41, 5.74) is 1.12. The molecule has 15 heavy (non-hydrogen) atoms. The van der Waals surface area contributed by atoms with Crippen LogP contribution in [0.15, 0.2) is 5.38 Å². The van der Waals surface area contributed by atoms with Crippen LogP contribution in [0.4, 0.5) is 5.13 Å². The van der Waals surface area contributed by atoms with E-state index in [-0.39, 0.29) is 0 Å². The molecule has 1 fully saturated rings. The molecule has 0 atom stereocenters. The van der Waals surface area contributed by atoms with Crippen LogP contribution in [0.1, 0.15) is 31.4 Å². The zero-order valence-corrected chi connectivity index (χ0v) is 10.2. The van der Waals surface area contributed by atoms with E-state index >= 15 is 0 Å². The highest BCUT2D eigenvalue weighted by Gasteiger charge is 2.20. The van der Waals surface area contributed by atoms with Crippen LogP contribution in [0.25, 0.3) is 0 Å². The molecule has 0 unspecified atom stereocenters. The van der Waals surface area contributed by atoms with E-state index in [0.29, 0.717) is 6.04 Å². The third kappa shape index (κ3) is 2.92. The highest BCUT2D eigenvalue weighted by atomic mass is 32.1. The van der Waals surface area contributed by atoms with Gasteiger partial charge in [-0.05, 0) is 39.7 Å². The number of rotatable bonds is 3. The van der Waals surface area contributed by atoms with Crippen molar-refractivity contribution in [3.05, 3.63) is 11.1 Å². The van der Waals surface area contributed by atoms with Gasteiger partial charge < -0.3 is 10.6 Å². The van der Waals surface area contributed by atoms with Gasteiger partial charge >= 0.3 is 0 Å². The lowest BCUT2D eigenvalue weighted by molar-refractivity contribution is 0.371. The maximum absolute atomic E-state index is 4.44. The van der Waals surface area contributed by atoms with Gasteiger partial charge in [0.25, 0.3) is 0 Å². The summed E-state index contributed by atoms with van der Waals surface area (Å²) in [5, 5.41) is 10.1. The van der Waals surface area contributed by atoms with E-state index in [1.165, 1.54) is 25.7 Å². The molecular weight excluding hydrogens is 206 g/mol. The van der Waals surface area contributed by atoms with Crippen LogP contribution in [0.5, 0.6) is 0 Å². The average molecular weight is 225 g/mol. The fourth-order valence-corrected chi connectivity index (χ4v) is 2.89. The van der Waals surface area contributed by atoms with Crippen LogP contribution in [0, 0.1) is 6.92 Å². The Hall–Kier alpha value is -0.610. The van der Waals surface area contributed by atoms with Crippen molar-refractivity contribution in [2.24, 2.45) is 0 Å². The van der Waals surface area contributed by atoms with Crippen molar-refractivity contribution >= 4 is 16.5 Å². The molecule has 1 heterocycles. The number of anilines is 1. The van der Waals surface area contributed by atoms with Gasteiger partial charge in [0, 0.05) is 17.5 Å². The Morgan fingerprint density at radius 2 is 1.93 bits per heavy atom. The van der Waals surface area contributed by atoms with Gasteiger partial charge in [-0.25, -0.2) is 4.98 Å². The van der Waals surface area contributed by atoms with Gasteiger partial charge in [-0.2, -0.15) is 0 Å². The van der Waals surface area contributed by atoms with Crippen LogP contribution in [-0.2, 0) is 0 Å². The van der Waals surface area contributed by atoms with Crippen molar-refractivity contribution in [1.82, 2.24) is 10.3 Å². The Balaban J connectivity index is 1.82. The summed E-state index contributed by atoms with van der Waals surface area (Å²) in [6, 6.07) is 1.35.